The Hall–Kier alpha value is -0.120. The first-order valence-corrected chi connectivity index (χ1v) is 5.27. The van der Waals surface area contributed by atoms with E-state index in [-0.39, 0.29) is 11.6 Å². The molecule has 3 nitrogen and oxygen atoms in total. The van der Waals surface area contributed by atoms with Crippen LogP contribution in [-0.4, -0.2) is 47.3 Å². The van der Waals surface area contributed by atoms with Crippen LogP contribution in [0, 0.1) is 0 Å². The Balaban J connectivity index is 2.00. The molecule has 0 amide bonds. The van der Waals surface area contributed by atoms with E-state index in [1.807, 2.05) is 0 Å². The van der Waals surface area contributed by atoms with Crippen LogP contribution in [0.15, 0.2) is 0 Å². The summed E-state index contributed by atoms with van der Waals surface area (Å²) in [6.45, 7) is 7.57. The first kappa shape index (κ1) is 9.44. The average Bonchev–Trinajstić information content (AvgIpc) is 2.56. The summed E-state index contributed by atoms with van der Waals surface area (Å²) in [4.78, 5) is 2.44. The minimum Gasteiger partial charge on any atom is -0.392 e. The Morgan fingerprint density at radius 3 is 2.62 bits per heavy atom. The Labute approximate surface area is 80.1 Å². The molecular formula is C10H20N2O. The topological polar surface area (TPSA) is 35.5 Å². The van der Waals surface area contributed by atoms with Crippen molar-refractivity contribution in [3.05, 3.63) is 0 Å². The molecule has 2 heterocycles. The first-order chi connectivity index (χ1) is 6.09. The van der Waals surface area contributed by atoms with Gasteiger partial charge in [-0.2, -0.15) is 0 Å². The molecule has 76 valence electrons. The predicted octanol–water partition coefficient (Wildman–Crippen LogP) is 0.193. The largest absolute Gasteiger partial charge is 0.392 e. The van der Waals surface area contributed by atoms with E-state index in [2.05, 4.69) is 24.1 Å². The van der Waals surface area contributed by atoms with Gasteiger partial charge in [0.05, 0.1) is 6.10 Å². The molecule has 0 aromatic carbocycles. The van der Waals surface area contributed by atoms with E-state index in [0.717, 1.165) is 26.1 Å². The summed E-state index contributed by atoms with van der Waals surface area (Å²) in [5, 5.41) is 13.0. The van der Waals surface area contributed by atoms with Crippen molar-refractivity contribution in [2.24, 2.45) is 0 Å². The van der Waals surface area contributed by atoms with E-state index >= 15 is 0 Å². The molecule has 0 aromatic rings. The van der Waals surface area contributed by atoms with Gasteiger partial charge in [-0.1, -0.05) is 0 Å². The van der Waals surface area contributed by atoms with Crippen molar-refractivity contribution >= 4 is 0 Å². The van der Waals surface area contributed by atoms with Crippen molar-refractivity contribution in [2.75, 3.05) is 19.6 Å². The molecule has 2 N–H and O–H groups in total. The zero-order valence-corrected chi connectivity index (χ0v) is 8.58. The maximum atomic E-state index is 9.47. The van der Waals surface area contributed by atoms with Crippen LogP contribution >= 0.6 is 0 Å². The fourth-order valence-electron chi connectivity index (χ4n) is 2.70. The molecule has 0 saturated carbocycles. The van der Waals surface area contributed by atoms with Crippen LogP contribution in [0.4, 0.5) is 0 Å². The molecular weight excluding hydrogens is 164 g/mol. The number of β-amino-alcohol motifs (C(OH)–C–C–N with tert-alkyl or cyclic N) is 1. The molecule has 0 spiro atoms. The molecule has 0 bridgehead atoms. The van der Waals surface area contributed by atoms with Gasteiger partial charge in [-0.25, -0.2) is 0 Å². The van der Waals surface area contributed by atoms with E-state index in [1.165, 1.54) is 6.42 Å². The average molecular weight is 184 g/mol. The van der Waals surface area contributed by atoms with Crippen molar-refractivity contribution in [3.8, 4) is 0 Å². The third-order valence-electron chi connectivity index (χ3n) is 3.47. The minimum absolute atomic E-state index is 0.0867. The minimum atomic E-state index is -0.0867. The van der Waals surface area contributed by atoms with Crippen LogP contribution < -0.4 is 5.32 Å². The molecule has 0 aliphatic carbocycles. The van der Waals surface area contributed by atoms with Gasteiger partial charge in [-0.3, -0.25) is 4.90 Å². The van der Waals surface area contributed by atoms with Crippen molar-refractivity contribution in [2.45, 2.75) is 44.4 Å². The van der Waals surface area contributed by atoms with Crippen molar-refractivity contribution in [1.29, 1.82) is 0 Å². The molecule has 2 aliphatic rings. The summed E-state index contributed by atoms with van der Waals surface area (Å²) in [5.74, 6) is 0. The lowest BCUT2D eigenvalue weighted by atomic mass is 9.96. The van der Waals surface area contributed by atoms with Gasteiger partial charge < -0.3 is 10.4 Å². The van der Waals surface area contributed by atoms with E-state index in [4.69, 9.17) is 0 Å². The number of aliphatic hydroxyl groups excluding tert-OH is 1. The Morgan fingerprint density at radius 1 is 1.38 bits per heavy atom. The second-order valence-electron chi connectivity index (χ2n) is 4.89. The van der Waals surface area contributed by atoms with Gasteiger partial charge in [-0.05, 0) is 33.2 Å². The molecule has 3 heteroatoms. The molecule has 2 fully saturated rings. The van der Waals surface area contributed by atoms with Crippen LogP contribution in [0.2, 0.25) is 0 Å². The lowest BCUT2D eigenvalue weighted by Crippen LogP contribution is -2.50. The zero-order chi connectivity index (χ0) is 9.47. The van der Waals surface area contributed by atoms with Gasteiger partial charge in [0.1, 0.15) is 0 Å². The van der Waals surface area contributed by atoms with E-state index in [9.17, 15) is 5.11 Å². The van der Waals surface area contributed by atoms with Gasteiger partial charge >= 0.3 is 0 Å². The lowest BCUT2D eigenvalue weighted by Gasteiger charge is -2.34. The number of aliphatic hydroxyl groups is 1. The van der Waals surface area contributed by atoms with Crippen LogP contribution in [0.5, 0.6) is 0 Å². The molecule has 2 atom stereocenters. The Kier molecular flexibility index (Phi) is 2.34. The van der Waals surface area contributed by atoms with E-state index in [0.29, 0.717) is 6.04 Å². The fraction of sp³-hybridized carbons (Fsp3) is 1.00. The number of hydrogen-bond donors (Lipinski definition) is 2. The monoisotopic (exact) mass is 184 g/mol. The third kappa shape index (κ3) is 1.73. The fourth-order valence-corrected chi connectivity index (χ4v) is 2.70. The maximum absolute atomic E-state index is 9.47. The standard InChI is InChI=1S/C10H20N2O/c1-10(2)9(3-5-11-10)12-6-4-8(13)7-12/h8-9,11,13H,3-7H2,1-2H3/t8-,9-/m1/s1. The second-order valence-corrected chi connectivity index (χ2v) is 4.89. The molecule has 2 aliphatic heterocycles. The highest BCUT2D eigenvalue weighted by molar-refractivity contribution is 5.00. The number of hydrogen-bond acceptors (Lipinski definition) is 3. The summed E-state index contributed by atoms with van der Waals surface area (Å²) < 4.78 is 0. The molecule has 0 radical (unpaired) electrons. The lowest BCUT2D eigenvalue weighted by molar-refractivity contribution is 0.137. The van der Waals surface area contributed by atoms with Crippen molar-refractivity contribution < 1.29 is 5.11 Å². The maximum Gasteiger partial charge on any atom is 0.0679 e. The van der Waals surface area contributed by atoms with Gasteiger partial charge in [0.2, 0.25) is 0 Å². The Morgan fingerprint density at radius 2 is 2.15 bits per heavy atom. The summed E-state index contributed by atoms with van der Waals surface area (Å²) in [6.07, 6.45) is 2.09. The molecule has 2 saturated heterocycles. The SMILES string of the molecule is CC1(C)NCC[C@H]1N1CC[C@@H](O)C1. The first-order valence-electron chi connectivity index (χ1n) is 5.27. The van der Waals surface area contributed by atoms with Crippen LogP contribution in [0.3, 0.4) is 0 Å². The number of rotatable bonds is 1. The van der Waals surface area contributed by atoms with E-state index < -0.39 is 0 Å². The number of nitrogens with zero attached hydrogens (tertiary/aromatic N) is 1. The molecule has 0 aromatic heterocycles. The number of nitrogens with one attached hydrogen (secondary N) is 1. The Bertz CT molecular complexity index is 193. The van der Waals surface area contributed by atoms with Crippen molar-refractivity contribution in [3.63, 3.8) is 0 Å². The molecule has 13 heavy (non-hydrogen) atoms. The molecule has 2 rings (SSSR count). The normalized spacial score (nSPS) is 39.9. The van der Waals surface area contributed by atoms with Crippen LogP contribution in [0.25, 0.3) is 0 Å². The zero-order valence-electron chi connectivity index (χ0n) is 8.58. The number of likely N-dealkylation sites (tertiary alicyclic amines) is 1. The van der Waals surface area contributed by atoms with E-state index in [1.54, 1.807) is 0 Å². The predicted molar refractivity (Wildman–Crippen MR) is 52.7 cm³/mol. The third-order valence-corrected chi connectivity index (χ3v) is 3.47. The highest BCUT2D eigenvalue weighted by Gasteiger charge is 2.40. The van der Waals surface area contributed by atoms with Crippen LogP contribution in [0.1, 0.15) is 26.7 Å². The van der Waals surface area contributed by atoms with Crippen LogP contribution in [-0.2, 0) is 0 Å². The molecule has 0 unspecified atom stereocenters. The summed E-state index contributed by atoms with van der Waals surface area (Å²) in [5.41, 5.74) is 0.226. The van der Waals surface area contributed by atoms with Gasteiger partial charge in [0, 0.05) is 24.7 Å². The van der Waals surface area contributed by atoms with Crippen molar-refractivity contribution in [1.82, 2.24) is 10.2 Å². The van der Waals surface area contributed by atoms with Gasteiger partial charge in [0.15, 0.2) is 0 Å². The quantitative estimate of drug-likeness (QED) is 0.611. The summed E-state index contributed by atoms with van der Waals surface area (Å²) >= 11 is 0. The highest BCUT2D eigenvalue weighted by Crippen LogP contribution is 2.27. The van der Waals surface area contributed by atoms with Gasteiger partial charge in [0.25, 0.3) is 0 Å². The second kappa shape index (κ2) is 3.23. The highest BCUT2D eigenvalue weighted by atomic mass is 16.3. The smallest absolute Gasteiger partial charge is 0.0679 e. The summed E-state index contributed by atoms with van der Waals surface area (Å²) in [7, 11) is 0. The summed E-state index contributed by atoms with van der Waals surface area (Å²) in [6, 6.07) is 0.615. The van der Waals surface area contributed by atoms with Gasteiger partial charge in [-0.15, -0.1) is 0 Å².